The number of ether oxygens (including phenoxy) is 2. The fourth-order valence-corrected chi connectivity index (χ4v) is 9.74. The lowest BCUT2D eigenvalue weighted by atomic mass is 10.0. The number of hydrogen-bond donors (Lipinski definition) is 2. The molecule has 0 fully saturated rings. The molecule has 9 nitrogen and oxygen atoms in total. The number of phosphoric ester groups is 1. The van der Waals surface area contributed by atoms with E-state index in [9.17, 15) is 19.0 Å². The zero-order valence-corrected chi connectivity index (χ0v) is 52.9. The molecule has 0 aliphatic carbocycles. The largest absolute Gasteiger partial charge is 0.472 e. The van der Waals surface area contributed by atoms with Crippen molar-refractivity contribution in [3.8, 4) is 0 Å². The lowest BCUT2D eigenvalue weighted by Gasteiger charge is -2.19. The van der Waals surface area contributed by atoms with Crippen LogP contribution in [0.1, 0.15) is 284 Å². The van der Waals surface area contributed by atoms with Gasteiger partial charge in [-0.15, -0.1) is 0 Å². The third-order valence-corrected chi connectivity index (χ3v) is 14.8. The van der Waals surface area contributed by atoms with Crippen LogP contribution in [0.2, 0.25) is 0 Å². The Hall–Kier alpha value is -3.59. The molecule has 3 N–H and O–H groups in total. The van der Waals surface area contributed by atoms with Crippen LogP contribution < -0.4 is 5.73 Å². The summed E-state index contributed by atoms with van der Waals surface area (Å²) in [5.41, 5.74) is 5.40. The van der Waals surface area contributed by atoms with Crippen molar-refractivity contribution in [1.82, 2.24) is 0 Å². The van der Waals surface area contributed by atoms with Gasteiger partial charge in [-0.2, -0.15) is 0 Å². The second kappa shape index (κ2) is 65.6. The number of carbonyl (C=O) groups is 2. The Morgan fingerprint density at radius 1 is 0.383 bits per heavy atom. The van der Waals surface area contributed by atoms with Crippen molar-refractivity contribution in [2.45, 2.75) is 290 Å². The molecule has 10 heteroatoms. The van der Waals surface area contributed by atoms with Crippen molar-refractivity contribution in [3.05, 3.63) is 122 Å². The summed E-state index contributed by atoms with van der Waals surface area (Å²) < 4.78 is 33.1. The van der Waals surface area contributed by atoms with Gasteiger partial charge < -0.3 is 20.1 Å². The number of hydrogen-bond acceptors (Lipinski definition) is 8. The Morgan fingerprint density at radius 2 is 0.679 bits per heavy atom. The van der Waals surface area contributed by atoms with Crippen molar-refractivity contribution in [2.75, 3.05) is 26.4 Å². The van der Waals surface area contributed by atoms with Gasteiger partial charge >= 0.3 is 19.8 Å². The van der Waals surface area contributed by atoms with Gasteiger partial charge in [0.15, 0.2) is 6.10 Å². The van der Waals surface area contributed by atoms with E-state index in [-0.39, 0.29) is 38.6 Å². The first-order valence-electron chi connectivity index (χ1n) is 33.0. The minimum Gasteiger partial charge on any atom is -0.462 e. The standard InChI is InChI=1S/C71H122NO8P/c1-3-5-7-9-11-13-15-17-19-21-23-25-27-29-30-31-32-33-34-35-36-37-38-40-42-44-46-48-50-52-54-56-58-60-62-64-71(74)80-69(68-79-81(75,76)78-66-65-72)67-77-70(73)63-61-59-57-55-53-51-49-47-45-43-41-39-28-26-24-22-20-18-16-14-12-10-8-6-4-2/h5,7,11,13,16-19,22-25,29-30,32-33,35-36,38,40,69H,3-4,6,8-10,12,14-15,20-21,26-28,31,34,37,39,41-68,72H2,1-2H3,(H,75,76)/b7-5-,13-11-,18-16-,19-17-,24-22-,25-23-,30-29-,33-32-,36-35-,40-38-. The number of allylic oxidation sites excluding steroid dienone is 20. The van der Waals surface area contributed by atoms with Gasteiger partial charge in [-0.1, -0.05) is 283 Å². The van der Waals surface area contributed by atoms with Gasteiger partial charge in [0, 0.05) is 19.4 Å². The molecule has 81 heavy (non-hydrogen) atoms. The normalized spacial score (nSPS) is 13.8. The molecular formula is C71H122NO8P. The van der Waals surface area contributed by atoms with Crippen LogP contribution in [0.25, 0.3) is 0 Å². The molecular weight excluding hydrogens is 1030 g/mol. The molecule has 0 heterocycles. The van der Waals surface area contributed by atoms with Crippen molar-refractivity contribution in [3.63, 3.8) is 0 Å². The Balaban J connectivity index is 3.96. The Bertz CT molecular complexity index is 1740. The zero-order chi connectivity index (χ0) is 58.7. The van der Waals surface area contributed by atoms with Crippen LogP contribution in [-0.2, 0) is 32.7 Å². The van der Waals surface area contributed by atoms with Gasteiger partial charge in [-0.25, -0.2) is 4.57 Å². The number of phosphoric acid groups is 1. The van der Waals surface area contributed by atoms with E-state index in [0.29, 0.717) is 6.42 Å². The molecule has 0 aliphatic heterocycles. The summed E-state index contributed by atoms with van der Waals surface area (Å²) in [4.78, 5) is 35.3. The number of unbranched alkanes of at least 4 members (excludes halogenated alkanes) is 28. The monoisotopic (exact) mass is 1150 g/mol. The molecule has 0 aromatic carbocycles. The topological polar surface area (TPSA) is 134 Å². The predicted molar refractivity (Wildman–Crippen MR) is 348 cm³/mol. The van der Waals surface area contributed by atoms with E-state index >= 15 is 0 Å². The van der Waals surface area contributed by atoms with E-state index in [1.54, 1.807) is 0 Å². The molecule has 0 aromatic heterocycles. The SMILES string of the molecule is CC/C=C\C/C=C\C/C=C\C/C=C\C/C=C\C/C=C\C/C=C\C/C=C\CCCCCCCCCCCCC(=O)OC(COC(=O)CCCCCCCCCCCCCCC/C=C\C/C=C\CCCCCCC)COP(=O)(O)OCCN. The maximum absolute atomic E-state index is 12.8. The lowest BCUT2D eigenvalue weighted by molar-refractivity contribution is -0.161. The summed E-state index contributed by atoms with van der Waals surface area (Å²) in [7, 11) is -4.40. The number of carbonyl (C=O) groups excluding carboxylic acids is 2. The summed E-state index contributed by atoms with van der Waals surface area (Å²) in [6.45, 7) is 3.63. The van der Waals surface area contributed by atoms with E-state index in [0.717, 1.165) is 103 Å². The Kier molecular flexibility index (Phi) is 62.7. The number of rotatable bonds is 61. The average molecular weight is 1150 g/mol. The van der Waals surface area contributed by atoms with Crippen molar-refractivity contribution >= 4 is 19.8 Å². The molecule has 0 aliphatic rings. The zero-order valence-electron chi connectivity index (χ0n) is 52.0. The van der Waals surface area contributed by atoms with Gasteiger partial charge in [0.05, 0.1) is 13.2 Å². The molecule has 0 aromatic rings. The van der Waals surface area contributed by atoms with Crippen LogP contribution in [0.5, 0.6) is 0 Å². The molecule has 2 unspecified atom stereocenters. The lowest BCUT2D eigenvalue weighted by Crippen LogP contribution is -2.29. The first-order chi connectivity index (χ1) is 39.8. The second-order valence-corrected chi connectivity index (χ2v) is 23.1. The van der Waals surface area contributed by atoms with E-state index in [4.69, 9.17) is 24.3 Å². The van der Waals surface area contributed by atoms with E-state index in [2.05, 4.69) is 135 Å². The highest BCUT2D eigenvalue weighted by molar-refractivity contribution is 7.47. The highest BCUT2D eigenvalue weighted by Crippen LogP contribution is 2.43. The van der Waals surface area contributed by atoms with Crippen LogP contribution >= 0.6 is 7.82 Å². The van der Waals surface area contributed by atoms with Gasteiger partial charge in [-0.05, 0) is 109 Å². The van der Waals surface area contributed by atoms with Crippen molar-refractivity contribution in [2.24, 2.45) is 5.73 Å². The van der Waals surface area contributed by atoms with Gasteiger partial charge in [0.2, 0.25) is 0 Å². The minimum atomic E-state index is -4.40. The van der Waals surface area contributed by atoms with Crippen molar-refractivity contribution < 1.29 is 37.6 Å². The summed E-state index contributed by atoms with van der Waals surface area (Å²) in [6.07, 6.45) is 91.2. The van der Waals surface area contributed by atoms with E-state index in [1.807, 2.05) is 0 Å². The highest BCUT2D eigenvalue weighted by Gasteiger charge is 2.26. The van der Waals surface area contributed by atoms with Crippen LogP contribution in [0.3, 0.4) is 0 Å². The fourth-order valence-electron chi connectivity index (χ4n) is 8.98. The molecule has 0 spiro atoms. The summed E-state index contributed by atoms with van der Waals surface area (Å²) >= 11 is 0. The predicted octanol–water partition coefficient (Wildman–Crippen LogP) is 21.5. The second-order valence-electron chi connectivity index (χ2n) is 21.6. The summed E-state index contributed by atoms with van der Waals surface area (Å²) in [5, 5.41) is 0. The van der Waals surface area contributed by atoms with Crippen LogP contribution in [-0.4, -0.2) is 49.3 Å². The molecule has 2 atom stereocenters. The van der Waals surface area contributed by atoms with Crippen molar-refractivity contribution in [1.29, 1.82) is 0 Å². The first-order valence-corrected chi connectivity index (χ1v) is 34.5. The Morgan fingerprint density at radius 3 is 1.01 bits per heavy atom. The summed E-state index contributed by atoms with van der Waals surface area (Å²) in [6, 6.07) is 0. The third-order valence-electron chi connectivity index (χ3n) is 13.8. The Labute approximate surface area is 498 Å². The third kappa shape index (κ3) is 65.4. The summed E-state index contributed by atoms with van der Waals surface area (Å²) in [5.74, 6) is -0.833. The molecule has 0 amide bonds. The van der Waals surface area contributed by atoms with Gasteiger partial charge in [0.25, 0.3) is 0 Å². The quantitative estimate of drug-likeness (QED) is 0.0264. The molecule has 0 saturated heterocycles. The van der Waals surface area contributed by atoms with Crippen LogP contribution in [0, 0.1) is 0 Å². The molecule has 464 valence electrons. The highest BCUT2D eigenvalue weighted by atomic mass is 31.2. The smallest absolute Gasteiger partial charge is 0.462 e. The fraction of sp³-hybridized carbons (Fsp3) is 0.690. The van der Waals surface area contributed by atoms with E-state index < -0.39 is 26.5 Å². The first kappa shape index (κ1) is 77.4. The molecule has 0 bridgehead atoms. The average Bonchev–Trinajstić information content (AvgIpc) is 3.46. The van der Waals surface area contributed by atoms with E-state index in [1.165, 1.54) is 148 Å². The van der Waals surface area contributed by atoms with Gasteiger partial charge in [0.1, 0.15) is 6.61 Å². The number of nitrogens with two attached hydrogens (primary N) is 1. The molecule has 0 radical (unpaired) electrons. The van der Waals surface area contributed by atoms with Crippen LogP contribution in [0.15, 0.2) is 122 Å². The maximum Gasteiger partial charge on any atom is 0.472 e. The number of esters is 2. The van der Waals surface area contributed by atoms with Gasteiger partial charge in [-0.3, -0.25) is 18.6 Å². The maximum atomic E-state index is 12.8. The van der Waals surface area contributed by atoms with Crippen LogP contribution in [0.4, 0.5) is 0 Å². The molecule has 0 rings (SSSR count). The minimum absolute atomic E-state index is 0.0478. The molecule has 0 saturated carbocycles.